The highest BCUT2D eigenvalue weighted by Gasteiger charge is 2.23. The number of hydrogen-bond donors (Lipinski definition) is 0. The molecule has 0 saturated heterocycles. The zero-order valence-electron chi connectivity index (χ0n) is 15.5. The van der Waals surface area contributed by atoms with Gasteiger partial charge < -0.3 is 28.9 Å². The van der Waals surface area contributed by atoms with Crippen LogP contribution in [-0.2, 0) is 7.05 Å². The molecular weight excluding hydrogens is 497 g/mol. The molecule has 0 amide bonds. The number of halogens is 1. The summed E-state index contributed by atoms with van der Waals surface area (Å²) in [7, 11) is 4.16. The predicted molar refractivity (Wildman–Crippen MR) is 115 cm³/mol. The third-order valence-corrected chi connectivity index (χ3v) is 6.93. The van der Waals surface area contributed by atoms with Crippen LogP contribution in [-0.4, -0.2) is 12.0 Å². The van der Waals surface area contributed by atoms with E-state index in [0.29, 0.717) is 0 Å². The lowest BCUT2D eigenvalue weighted by Crippen LogP contribution is -3.00. The van der Waals surface area contributed by atoms with Crippen molar-refractivity contribution in [3.05, 3.63) is 77.6 Å². The maximum atomic E-state index is 4.80. The molecular formula is C22H18IN3S2. The van der Waals surface area contributed by atoms with Crippen LogP contribution in [0.5, 0.6) is 0 Å². The molecule has 0 radical (unpaired) electrons. The Morgan fingerprint density at radius 1 is 1.04 bits per heavy atom. The van der Waals surface area contributed by atoms with Gasteiger partial charge in [-0.1, -0.05) is 23.9 Å². The maximum Gasteiger partial charge on any atom is 0.169 e. The molecule has 6 heteroatoms. The maximum absolute atomic E-state index is 4.80. The molecule has 3 nitrogen and oxygen atoms in total. The molecule has 140 valence electrons. The number of aromatic nitrogens is 2. The van der Waals surface area contributed by atoms with Gasteiger partial charge in [0, 0.05) is 29.6 Å². The minimum Gasteiger partial charge on any atom is -1.00 e. The lowest BCUT2D eigenvalue weighted by atomic mass is 10.2. The fourth-order valence-corrected chi connectivity index (χ4v) is 5.29. The highest BCUT2D eigenvalue weighted by molar-refractivity contribution is 8.03. The first kappa shape index (κ1) is 19.4. The smallest absolute Gasteiger partial charge is 0.169 e. The van der Waals surface area contributed by atoms with Gasteiger partial charge in [0.2, 0.25) is 0 Å². The van der Waals surface area contributed by atoms with Gasteiger partial charge in [0.05, 0.1) is 20.9 Å². The molecule has 0 N–H and O–H groups in total. The number of thiazole rings is 1. The van der Waals surface area contributed by atoms with E-state index in [-0.39, 0.29) is 24.0 Å². The Hall–Kier alpha value is -1.90. The second kappa shape index (κ2) is 7.85. The van der Waals surface area contributed by atoms with E-state index in [9.17, 15) is 0 Å². The number of nitrogens with zero attached hydrogens (tertiary/aromatic N) is 3. The number of hydrogen-bond acceptors (Lipinski definition) is 4. The number of pyridine rings is 1. The van der Waals surface area contributed by atoms with Gasteiger partial charge in [-0.2, -0.15) is 0 Å². The molecule has 0 saturated carbocycles. The fourth-order valence-electron chi connectivity index (χ4n) is 3.18. The predicted octanol–water partition coefficient (Wildman–Crippen LogP) is 2.33. The Morgan fingerprint density at radius 2 is 1.82 bits per heavy atom. The highest BCUT2D eigenvalue weighted by Crippen LogP contribution is 2.47. The van der Waals surface area contributed by atoms with Gasteiger partial charge in [-0.3, -0.25) is 0 Å². The standard InChI is InChI=1S/C22H18N3S2.HI/c1-24-11-9-15(10-12-24)13-21-25(2)18-8-7-16(14-20(18)26-21)22-23-17-5-3-4-6-19(17)27-22;/h3-14H,1-2H3;1H/q+1;/p-1. The molecule has 1 aliphatic rings. The summed E-state index contributed by atoms with van der Waals surface area (Å²) in [5.41, 5.74) is 4.71. The summed E-state index contributed by atoms with van der Waals surface area (Å²) in [5, 5.41) is 2.32. The first-order chi connectivity index (χ1) is 13.2. The van der Waals surface area contributed by atoms with Crippen molar-refractivity contribution in [3.63, 3.8) is 0 Å². The molecule has 0 aliphatic carbocycles. The van der Waals surface area contributed by atoms with Crippen molar-refractivity contribution < 1.29 is 28.5 Å². The normalized spacial score (nSPS) is 14.4. The largest absolute Gasteiger partial charge is 1.00 e. The lowest BCUT2D eigenvalue weighted by Gasteiger charge is -2.13. The summed E-state index contributed by atoms with van der Waals surface area (Å²) in [4.78, 5) is 8.34. The lowest BCUT2D eigenvalue weighted by molar-refractivity contribution is -0.671. The quantitative estimate of drug-likeness (QED) is 0.302. The van der Waals surface area contributed by atoms with Crippen LogP contribution in [0.25, 0.3) is 26.9 Å². The molecule has 1 aliphatic heterocycles. The molecule has 5 rings (SSSR count). The summed E-state index contributed by atoms with van der Waals surface area (Å²) in [6.07, 6.45) is 6.39. The van der Waals surface area contributed by atoms with Crippen LogP contribution in [0.2, 0.25) is 0 Å². The Bertz CT molecular complexity index is 1150. The van der Waals surface area contributed by atoms with E-state index in [4.69, 9.17) is 4.98 Å². The van der Waals surface area contributed by atoms with Gasteiger partial charge in [-0.25, -0.2) is 9.55 Å². The minimum atomic E-state index is 0. The number of anilines is 1. The first-order valence-corrected chi connectivity index (χ1v) is 10.4. The zero-order chi connectivity index (χ0) is 18.4. The van der Waals surface area contributed by atoms with Gasteiger partial charge in [-0.05, 0) is 42.0 Å². The summed E-state index contributed by atoms with van der Waals surface area (Å²) in [6, 6.07) is 19.2. The molecule has 0 spiro atoms. The Morgan fingerprint density at radius 3 is 2.61 bits per heavy atom. The number of fused-ring (bicyclic) bond motifs is 2. The summed E-state index contributed by atoms with van der Waals surface area (Å²) in [6.45, 7) is 0. The SMILES string of the molecule is CN1/C(=C/c2cc[n+](C)cc2)Sc2cc(-c3nc4ccccc4s3)ccc21.[I-]. The van der Waals surface area contributed by atoms with Gasteiger partial charge in [-0.15, -0.1) is 11.3 Å². The Kier molecular flexibility index (Phi) is 5.44. The van der Waals surface area contributed by atoms with E-state index in [1.807, 2.05) is 29.4 Å². The first-order valence-electron chi connectivity index (χ1n) is 8.76. The van der Waals surface area contributed by atoms with Crippen LogP contribution in [0, 0.1) is 0 Å². The highest BCUT2D eigenvalue weighted by atomic mass is 127. The zero-order valence-corrected chi connectivity index (χ0v) is 19.3. The van der Waals surface area contributed by atoms with Crippen molar-refractivity contribution in [3.8, 4) is 10.6 Å². The number of para-hydroxylation sites is 1. The molecule has 3 heterocycles. The number of rotatable bonds is 2. The average Bonchev–Trinajstić information content (AvgIpc) is 3.25. The van der Waals surface area contributed by atoms with Crippen LogP contribution in [0.3, 0.4) is 0 Å². The third-order valence-electron chi connectivity index (χ3n) is 4.70. The van der Waals surface area contributed by atoms with Crippen LogP contribution in [0.1, 0.15) is 5.56 Å². The van der Waals surface area contributed by atoms with Crippen molar-refractivity contribution >= 4 is 45.1 Å². The molecule has 2 aromatic carbocycles. The Labute approximate surface area is 189 Å². The van der Waals surface area contributed by atoms with Gasteiger partial charge >= 0.3 is 0 Å². The van der Waals surface area contributed by atoms with E-state index in [0.717, 1.165) is 10.5 Å². The monoisotopic (exact) mass is 515 g/mol. The van der Waals surface area contributed by atoms with Crippen molar-refractivity contribution in [1.82, 2.24) is 4.98 Å². The van der Waals surface area contributed by atoms with E-state index >= 15 is 0 Å². The van der Waals surface area contributed by atoms with Crippen LogP contribution >= 0.6 is 23.1 Å². The minimum absolute atomic E-state index is 0. The summed E-state index contributed by atoms with van der Waals surface area (Å²) in [5.74, 6) is 0. The van der Waals surface area contributed by atoms with Crippen molar-refractivity contribution in [2.75, 3.05) is 11.9 Å². The van der Waals surface area contributed by atoms with Crippen molar-refractivity contribution in [1.29, 1.82) is 0 Å². The van der Waals surface area contributed by atoms with Gasteiger partial charge in [0.25, 0.3) is 0 Å². The molecule has 2 aromatic heterocycles. The third kappa shape index (κ3) is 3.56. The van der Waals surface area contributed by atoms with E-state index < -0.39 is 0 Å². The Balaban J connectivity index is 0.00000192. The topological polar surface area (TPSA) is 20.0 Å². The fraction of sp³-hybridized carbons (Fsp3) is 0.0909. The van der Waals surface area contributed by atoms with E-state index in [1.165, 1.54) is 31.4 Å². The summed E-state index contributed by atoms with van der Waals surface area (Å²) >= 11 is 3.57. The molecule has 28 heavy (non-hydrogen) atoms. The molecule has 0 unspecified atom stereocenters. The number of aryl methyl sites for hydroxylation is 1. The number of benzene rings is 2. The van der Waals surface area contributed by atoms with Gasteiger partial charge in [0.1, 0.15) is 12.1 Å². The second-order valence-corrected chi connectivity index (χ2v) is 8.70. The summed E-state index contributed by atoms with van der Waals surface area (Å²) < 4.78 is 3.28. The molecule has 0 atom stereocenters. The van der Waals surface area contributed by atoms with Crippen molar-refractivity contribution in [2.24, 2.45) is 7.05 Å². The van der Waals surface area contributed by atoms with Crippen LogP contribution < -0.4 is 33.4 Å². The number of thioether (sulfide) groups is 1. The second-order valence-electron chi connectivity index (χ2n) is 6.61. The van der Waals surface area contributed by atoms with Crippen LogP contribution in [0.15, 0.2) is 76.9 Å². The molecule has 4 aromatic rings. The van der Waals surface area contributed by atoms with Gasteiger partial charge in [0.15, 0.2) is 12.4 Å². The molecule has 0 bridgehead atoms. The van der Waals surface area contributed by atoms with E-state index in [1.54, 1.807) is 11.3 Å². The average molecular weight is 515 g/mol. The van der Waals surface area contributed by atoms with Crippen LogP contribution in [0.4, 0.5) is 5.69 Å². The van der Waals surface area contributed by atoms with Crippen molar-refractivity contribution in [2.45, 2.75) is 4.90 Å². The van der Waals surface area contributed by atoms with E-state index in [2.05, 4.69) is 78.9 Å². The molecule has 0 fully saturated rings.